The highest BCUT2D eigenvalue weighted by Crippen LogP contribution is 2.38. The van der Waals surface area contributed by atoms with Crippen molar-refractivity contribution >= 4 is 56.1 Å². The molecule has 0 heterocycles. The van der Waals surface area contributed by atoms with Crippen molar-refractivity contribution in [3.05, 3.63) is 91.0 Å². The van der Waals surface area contributed by atoms with Crippen LogP contribution in [0.2, 0.25) is 0 Å². The highest BCUT2D eigenvalue weighted by Gasteiger charge is 2.13. The normalized spacial score (nSPS) is 11.0. The van der Waals surface area contributed by atoms with Gasteiger partial charge >= 0.3 is 5.97 Å². The quantitative estimate of drug-likeness (QED) is 0.174. The summed E-state index contributed by atoms with van der Waals surface area (Å²) in [5.74, 6) is 0.147. The summed E-state index contributed by atoms with van der Waals surface area (Å²) in [4.78, 5) is 11.1. The van der Waals surface area contributed by atoms with Gasteiger partial charge in [-0.05, 0) is 105 Å². The van der Waals surface area contributed by atoms with Gasteiger partial charge < -0.3 is 14.6 Å². The summed E-state index contributed by atoms with van der Waals surface area (Å²) in [6, 6.07) is 20.1. The van der Waals surface area contributed by atoms with Gasteiger partial charge in [0.2, 0.25) is 0 Å². The fourth-order valence-electron chi connectivity index (χ4n) is 2.95. The van der Waals surface area contributed by atoms with Crippen molar-refractivity contribution in [2.24, 2.45) is 0 Å². The Hall–Kier alpha value is -2.83. The number of ether oxygens (including phenoxy) is 2. The van der Waals surface area contributed by atoms with Gasteiger partial charge in [0.25, 0.3) is 0 Å². The molecule has 0 aromatic heterocycles. The molecule has 3 aromatic rings. The van der Waals surface area contributed by atoms with E-state index in [1.165, 1.54) is 12.1 Å². The summed E-state index contributed by atoms with van der Waals surface area (Å²) < 4.78 is 13.7. The van der Waals surface area contributed by atoms with Gasteiger partial charge in [0.05, 0.1) is 28.3 Å². The van der Waals surface area contributed by atoms with Crippen LogP contribution in [0.3, 0.4) is 0 Å². The lowest BCUT2D eigenvalue weighted by molar-refractivity contribution is 0.0697. The zero-order valence-corrected chi connectivity index (χ0v) is 20.9. The van der Waals surface area contributed by atoms with Crippen molar-refractivity contribution in [3.8, 4) is 17.6 Å². The molecule has 3 aromatic carbocycles. The first-order valence-electron chi connectivity index (χ1n) is 9.70. The van der Waals surface area contributed by atoms with E-state index in [2.05, 4.69) is 44.6 Å². The van der Waals surface area contributed by atoms with Crippen molar-refractivity contribution in [2.45, 2.75) is 13.5 Å². The molecule has 0 aliphatic carbocycles. The summed E-state index contributed by atoms with van der Waals surface area (Å²) in [5, 5.41) is 18.7. The van der Waals surface area contributed by atoms with E-state index < -0.39 is 5.97 Å². The second kappa shape index (κ2) is 11.2. The van der Waals surface area contributed by atoms with E-state index in [1.807, 2.05) is 43.3 Å². The molecule has 0 fully saturated rings. The van der Waals surface area contributed by atoms with Crippen LogP contribution in [-0.4, -0.2) is 17.7 Å². The monoisotopic (exact) mass is 603 g/mol. The number of hydrogen-bond acceptors (Lipinski definition) is 4. The Morgan fingerprint density at radius 2 is 1.75 bits per heavy atom. The second-order valence-electron chi connectivity index (χ2n) is 6.73. The van der Waals surface area contributed by atoms with E-state index in [9.17, 15) is 10.1 Å². The number of carboxylic acids is 1. The van der Waals surface area contributed by atoms with Crippen molar-refractivity contribution in [2.75, 3.05) is 6.61 Å². The van der Waals surface area contributed by atoms with E-state index in [1.54, 1.807) is 18.2 Å². The summed E-state index contributed by atoms with van der Waals surface area (Å²) >= 11 is 5.82. The molecule has 32 heavy (non-hydrogen) atoms. The van der Waals surface area contributed by atoms with Crippen LogP contribution in [0.4, 0.5) is 0 Å². The zero-order valence-electron chi connectivity index (χ0n) is 17.1. The predicted molar refractivity (Wildman–Crippen MR) is 136 cm³/mol. The largest absolute Gasteiger partial charge is 0.490 e. The number of carbonyl (C=O) groups is 1. The van der Waals surface area contributed by atoms with Gasteiger partial charge in [-0.2, -0.15) is 5.26 Å². The summed E-state index contributed by atoms with van der Waals surface area (Å²) in [7, 11) is 0. The fraction of sp³-hybridized carbons (Fsp3) is 0.120. The molecule has 7 heteroatoms. The Balaban J connectivity index is 1.90. The molecule has 0 aliphatic rings. The maximum Gasteiger partial charge on any atom is 0.335 e. The Kier molecular flexibility index (Phi) is 8.31. The van der Waals surface area contributed by atoms with E-state index in [-0.39, 0.29) is 5.56 Å². The molecule has 0 radical (unpaired) electrons. The molecule has 0 saturated heterocycles. The molecule has 0 unspecified atom stereocenters. The summed E-state index contributed by atoms with van der Waals surface area (Å²) in [5.41, 5.74) is 3.00. The Morgan fingerprint density at radius 3 is 2.34 bits per heavy atom. The molecule has 0 saturated carbocycles. The topological polar surface area (TPSA) is 79.5 Å². The van der Waals surface area contributed by atoms with Crippen LogP contribution in [0, 0.1) is 14.9 Å². The number of halogens is 2. The molecule has 0 aliphatic heterocycles. The van der Waals surface area contributed by atoms with Crippen LogP contribution in [0.5, 0.6) is 11.5 Å². The highest BCUT2D eigenvalue weighted by molar-refractivity contribution is 14.1. The summed E-state index contributed by atoms with van der Waals surface area (Å²) in [6.07, 6.45) is 1.73. The Labute approximate surface area is 208 Å². The second-order valence-corrected chi connectivity index (χ2v) is 8.83. The minimum atomic E-state index is -1.01. The van der Waals surface area contributed by atoms with Crippen molar-refractivity contribution in [1.29, 1.82) is 5.26 Å². The summed E-state index contributed by atoms with van der Waals surface area (Å²) in [6.45, 7) is 2.75. The first-order chi connectivity index (χ1) is 15.4. The number of nitrogens with zero attached hydrogens (tertiary/aromatic N) is 1. The Bertz CT molecular complexity index is 1180. The minimum absolute atomic E-state index is 0.169. The third-order valence-electron chi connectivity index (χ3n) is 4.50. The number of allylic oxidation sites excluding steroid dienone is 1. The molecule has 1 N–H and O–H groups in total. The number of hydrogen-bond donors (Lipinski definition) is 1. The van der Waals surface area contributed by atoms with Gasteiger partial charge in [0.15, 0.2) is 11.5 Å². The van der Waals surface area contributed by atoms with Crippen LogP contribution in [-0.2, 0) is 6.61 Å². The number of carboxylic acid groups (broad SMARTS) is 1. The van der Waals surface area contributed by atoms with Crippen molar-refractivity contribution in [1.82, 2.24) is 0 Å². The number of rotatable bonds is 8. The highest BCUT2D eigenvalue weighted by atomic mass is 127. The van der Waals surface area contributed by atoms with Gasteiger partial charge in [-0.15, -0.1) is 0 Å². The molecule has 0 amide bonds. The lowest BCUT2D eigenvalue weighted by Gasteiger charge is -2.15. The molecule has 162 valence electrons. The van der Waals surface area contributed by atoms with Crippen molar-refractivity contribution in [3.63, 3.8) is 0 Å². The molecule has 0 bridgehead atoms. The first-order valence-corrected chi connectivity index (χ1v) is 11.6. The molecule has 0 spiro atoms. The van der Waals surface area contributed by atoms with Gasteiger partial charge in [0, 0.05) is 3.57 Å². The molecule has 0 atom stereocenters. The van der Waals surface area contributed by atoms with Gasteiger partial charge in [0.1, 0.15) is 6.61 Å². The average Bonchev–Trinajstić information content (AvgIpc) is 2.78. The van der Waals surface area contributed by atoms with Crippen LogP contribution in [0.25, 0.3) is 11.6 Å². The Morgan fingerprint density at radius 1 is 1.09 bits per heavy atom. The standard InChI is InChI=1S/C25H19BrINO4/c1-2-31-23-13-17(11-20(14-28)18-5-7-19(8-6-18)25(29)30)12-22(26)24(23)32-15-16-3-9-21(27)10-4-16/h3-13H,2,15H2,1H3,(H,29,30)/b20-11-. The molecule has 5 nitrogen and oxygen atoms in total. The van der Waals surface area contributed by atoms with E-state index >= 15 is 0 Å². The molecular weight excluding hydrogens is 585 g/mol. The van der Waals surface area contributed by atoms with E-state index in [0.29, 0.717) is 40.3 Å². The van der Waals surface area contributed by atoms with E-state index in [4.69, 9.17) is 14.6 Å². The lowest BCUT2D eigenvalue weighted by Crippen LogP contribution is -2.01. The first kappa shape index (κ1) is 23.8. The van der Waals surface area contributed by atoms with Crippen LogP contribution >= 0.6 is 38.5 Å². The SMILES string of the molecule is CCOc1cc(/C=C(/C#N)c2ccc(C(=O)O)cc2)cc(Br)c1OCc1ccc(I)cc1. The van der Waals surface area contributed by atoms with E-state index in [0.717, 1.165) is 14.7 Å². The van der Waals surface area contributed by atoms with Gasteiger partial charge in [-0.3, -0.25) is 0 Å². The van der Waals surface area contributed by atoms with Crippen LogP contribution in [0.1, 0.15) is 34.0 Å². The third-order valence-corrected chi connectivity index (χ3v) is 5.81. The molecular formula is C25H19BrINO4. The van der Waals surface area contributed by atoms with Gasteiger partial charge in [-0.1, -0.05) is 24.3 Å². The minimum Gasteiger partial charge on any atom is -0.490 e. The number of aromatic carboxylic acids is 1. The maximum atomic E-state index is 11.1. The predicted octanol–water partition coefficient (Wildman–Crippen LogP) is 6.79. The number of benzene rings is 3. The van der Waals surface area contributed by atoms with Crippen LogP contribution in [0.15, 0.2) is 65.1 Å². The lowest BCUT2D eigenvalue weighted by atomic mass is 10.0. The molecule has 3 rings (SSSR count). The van der Waals surface area contributed by atoms with Crippen LogP contribution < -0.4 is 9.47 Å². The number of nitriles is 1. The third kappa shape index (κ3) is 6.11. The zero-order chi connectivity index (χ0) is 23.1. The van der Waals surface area contributed by atoms with Crippen molar-refractivity contribution < 1.29 is 19.4 Å². The average molecular weight is 604 g/mol. The van der Waals surface area contributed by atoms with Gasteiger partial charge in [-0.25, -0.2) is 4.79 Å². The fourth-order valence-corrected chi connectivity index (χ4v) is 3.88. The maximum absolute atomic E-state index is 11.1. The smallest absolute Gasteiger partial charge is 0.335 e.